The first-order chi connectivity index (χ1) is 8.79. The first-order valence-corrected chi connectivity index (χ1v) is 9.13. The van der Waals surface area contributed by atoms with Crippen molar-refractivity contribution >= 4 is 7.28 Å². The van der Waals surface area contributed by atoms with E-state index in [1.165, 1.54) is 0 Å². The van der Waals surface area contributed by atoms with Crippen LogP contribution in [-0.2, 0) is 4.52 Å². The van der Waals surface area contributed by atoms with Crippen LogP contribution in [0.2, 0.25) is 0 Å². The average Bonchev–Trinajstić information content (AvgIpc) is 2.63. The zero-order chi connectivity index (χ0) is 15.8. The Balaban J connectivity index is 3.47. The van der Waals surface area contributed by atoms with Crippen molar-refractivity contribution in [2.24, 2.45) is 4.74 Å². The second-order valence-corrected chi connectivity index (χ2v) is 12.8. The Morgan fingerprint density at radius 1 is 0.950 bits per heavy atom. The van der Waals surface area contributed by atoms with Crippen LogP contribution in [0.3, 0.4) is 0 Å². The van der Waals surface area contributed by atoms with Gasteiger partial charge in [0.25, 0.3) is 0 Å². The van der Waals surface area contributed by atoms with Gasteiger partial charge in [0.2, 0.25) is 0 Å². The van der Waals surface area contributed by atoms with Gasteiger partial charge in [0.05, 0.1) is 5.54 Å². The Morgan fingerprint density at radius 2 is 1.45 bits per heavy atom. The molecule has 0 aliphatic heterocycles. The van der Waals surface area contributed by atoms with E-state index < -0.39 is 7.28 Å². The van der Waals surface area contributed by atoms with Gasteiger partial charge in [-0.05, 0) is 26.8 Å². The Bertz CT molecular complexity index is 447. The highest BCUT2D eigenvalue weighted by molar-refractivity contribution is 7.64. The van der Waals surface area contributed by atoms with Crippen LogP contribution in [0.5, 0.6) is 0 Å². The summed E-state index contributed by atoms with van der Waals surface area (Å²) in [5.74, 6) is 1.07. The molecule has 1 rings (SSSR count). The normalized spacial score (nSPS) is 17.1. The van der Waals surface area contributed by atoms with Gasteiger partial charge in [-0.3, -0.25) is 4.74 Å². The van der Waals surface area contributed by atoms with E-state index in [-0.39, 0.29) is 15.9 Å². The number of hydrogen-bond donors (Lipinski definition) is 0. The van der Waals surface area contributed by atoms with Crippen LogP contribution in [-0.4, -0.2) is 15.9 Å². The molecule has 0 aromatic rings. The molecule has 0 fully saturated rings. The summed E-state index contributed by atoms with van der Waals surface area (Å²) in [6.07, 6.45) is 7.21. The smallest absolute Gasteiger partial charge is 0.144 e. The molecule has 0 amide bonds. The van der Waals surface area contributed by atoms with E-state index >= 15 is 0 Å². The molecule has 2 nitrogen and oxygen atoms in total. The van der Waals surface area contributed by atoms with E-state index in [1.54, 1.807) is 0 Å². The summed E-state index contributed by atoms with van der Waals surface area (Å²) in [4.78, 5) is 0. The highest BCUT2D eigenvalue weighted by Gasteiger charge is 2.47. The summed E-state index contributed by atoms with van der Waals surface area (Å²) in [6.45, 7) is 20.1. The lowest BCUT2D eigenvalue weighted by Crippen LogP contribution is -2.32. The minimum absolute atomic E-state index is 0.0158. The van der Waals surface area contributed by atoms with Crippen LogP contribution in [0.25, 0.3) is 0 Å². The summed E-state index contributed by atoms with van der Waals surface area (Å²) in [6, 6.07) is 0. The molecule has 20 heavy (non-hydrogen) atoms. The summed E-state index contributed by atoms with van der Waals surface area (Å²) in [5.41, 5.74) is -0.0963. The van der Waals surface area contributed by atoms with Crippen molar-refractivity contribution in [3.05, 3.63) is 24.0 Å². The predicted molar refractivity (Wildman–Crippen MR) is 91.5 cm³/mol. The van der Waals surface area contributed by atoms with Crippen molar-refractivity contribution in [1.29, 1.82) is 0 Å². The third kappa shape index (κ3) is 3.79. The van der Waals surface area contributed by atoms with Gasteiger partial charge in [-0.2, -0.15) is 0 Å². The van der Waals surface area contributed by atoms with Gasteiger partial charge in [0.1, 0.15) is 13.0 Å². The lowest BCUT2D eigenvalue weighted by Gasteiger charge is -2.47. The number of rotatable bonds is 2. The minimum Gasteiger partial charge on any atom is -0.463 e. The Hall–Kier alpha value is -0.490. The highest BCUT2D eigenvalue weighted by atomic mass is 31.2. The first-order valence-electron chi connectivity index (χ1n) is 7.47. The van der Waals surface area contributed by atoms with Crippen LogP contribution in [0.4, 0.5) is 0 Å². The van der Waals surface area contributed by atoms with Crippen molar-refractivity contribution in [2.75, 3.05) is 0 Å². The van der Waals surface area contributed by atoms with E-state index in [0.717, 1.165) is 12.2 Å². The van der Waals surface area contributed by atoms with Crippen molar-refractivity contribution in [3.63, 3.8) is 0 Å². The van der Waals surface area contributed by atoms with Gasteiger partial charge in [0, 0.05) is 16.7 Å². The zero-order valence-electron chi connectivity index (χ0n) is 14.7. The summed E-state index contributed by atoms with van der Waals surface area (Å²) < 4.78 is 11.9. The van der Waals surface area contributed by atoms with E-state index in [2.05, 4.69) is 80.5 Å². The van der Waals surface area contributed by atoms with Gasteiger partial charge in [-0.15, -0.1) is 0 Å². The molecule has 0 unspecified atom stereocenters. The Morgan fingerprint density at radius 3 is 1.75 bits per heavy atom. The predicted octanol–water partition coefficient (Wildman–Crippen LogP) is 6.36. The number of allylic oxidation sites excluding steroid dienone is 3. The van der Waals surface area contributed by atoms with Gasteiger partial charge in [0.15, 0.2) is 0 Å². The standard InChI is InChI=1S/C17H32NOP/c1-15(2,3)18-20(16(4,5)6,17(7,8)9)19-14-12-10-11-13-14/h10-12H,13H2,1-9H3. The maximum atomic E-state index is 6.65. The number of hydrogen-bond acceptors (Lipinski definition) is 2. The molecule has 0 atom stereocenters. The second-order valence-electron chi connectivity index (χ2n) is 8.55. The van der Waals surface area contributed by atoms with Gasteiger partial charge in [-0.1, -0.05) is 53.7 Å². The van der Waals surface area contributed by atoms with Gasteiger partial charge >= 0.3 is 0 Å². The third-order valence-corrected chi connectivity index (χ3v) is 8.26. The first kappa shape index (κ1) is 17.6. The quantitative estimate of drug-likeness (QED) is 0.543. The number of nitrogens with zero attached hydrogens (tertiary/aromatic N) is 1. The molecule has 0 saturated carbocycles. The Labute approximate surface area is 125 Å². The molecule has 3 heteroatoms. The molecule has 0 spiro atoms. The van der Waals surface area contributed by atoms with Gasteiger partial charge < -0.3 is 4.52 Å². The molecule has 0 heterocycles. The summed E-state index contributed by atoms with van der Waals surface area (Å²) in [5, 5.41) is 0.0317. The largest absolute Gasteiger partial charge is 0.463 e. The van der Waals surface area contributed by atoms with Crippen molar-refractivity contribution in [2.45, 2.75) is 84.6 Å². The fraction of sp³-hybridized carbons (Fsp3) is 0.765. The third-order valence-electron chi connectivity index (χ3n) is 3.25. The molecule has 0 N–H and O–H groups in total. The maximum Gasteiger partial charge on any atom is 0.144 e. The van der Waals surface area contributed by atoms with E-state index in [1.807, 2.05) is 0 Å². The molecule has 1 aliphatic carbocycles. The molecule has 116 valence electrons. The van der Waals surface area contributed by atoms with E-state index in [4.69, 9.17) is 9.27 Å². The Kier molecular flexibility index (Phi) is 4.71. The van der Waals surface area contributed by atoms with Gasteiger partial charge in [-0.25, -0.2) is 0 Å². The molecule has 0 aromatic heterocycles. The minimum atomic E-state index is -2.02. The van der Waals surface area contributed by atoms with Crippen LogP contribution in [0.1, 0.15) is 68.7 Å². The molecular weight excluding hydrogens is 265 g/mol. The molecule has 0 bridgehead atoms. The topological polar surface area (TPSA) is 21.6 Å². The second kappa shape index (κ2) is 5.37. The van der Waals surface area contributed by atoms with Crippen LogP contribution >= 0.6 is 7.28 Å². The summed E-state index contributed by atoms with van der Waals surface area (Å²) in [7, 11) is -2.02. The van der Waals surface area contributed by atoms with Crippen molar-refractivity contribution in [1.82, 2.24) is 0 Å². The lowest BCUT2D eigenvalue weighted by molar-refractivity contribution is 0.401. The SMILES string of the molecule is CC(C)(C)N=P(OC1=CC=CC1)(C(C)(C)C)C(C)(C)C. The monoisotopic (exact) mass is 297 g/mol. The van der Waals surface area contributed by atoms with Crippen LogP contribution in [0, 0.1) is 0 Å². The molecule has 0 aromatic carbocycles. The van der Waals surface area contributed by atoms with E-state index in [0.29, 0.717) is 0 Å². The molecule has 0 saturated heterocycles. The lowest BCUT2D eigenvalue weighted by atomic mass is 10.1. The van der Waals surface area contributed by atoms with Crippen LogP contribution < -0.4 is 0 Å². The molecule has 1 aliphatic rings. The maximum absolute atomic E-state index is 6.65. The fourth-order valence-corrected chi connectivity index (χ4v) is 7.21. The molecular formula is C17H32NOP. The average molecular weight is 297 g/mol. The molecule has 0 radical (unpaired) electrons. The van der Waals surface area contributed by atoms with Crippen molar-refractivity contribution in [3.8, 4) is 0 Å². The highest BCUT2D eigenvalue weighted by Crippen LogP contribution is 2.72. The zero-order valence-corrected chi connectivity index (χ0v) is 15.6. The summed E-state index contributed by atoms with van der Waals surface area (Å²) >= 11 is 0. The fourth-order valence-electron chi connectivity index (χ4n) is 2.69. The van der Waals surface area contributed by atoms with Crippen molar-refractivity contribution < 1.29 is 4.52 Å². The van der Waals surface area contributed by atoms with Crippen LogP contribution in [0.15, 0.2) is 28.7 Å². The van der Waals surface area contributed by atoms with E-state index in [9.17, 15) is 0 Å².